The van der Waals surface area contributed by atoms with Crippen molar-refractivity contribution in [1.29, 1.82) is 0 Å². The number of hydrogen-bond donors (Lipinski definition) is 0. The Morgan fingerprint density at radius 1 is 1.16 bits per heavy atom. The Morgan fingerprint density at radius 2 is 1.89 bits per heavy atom. The van der Waals surface area contributed by atoms with Gasteiger partial charge in [-0.3, -0.25) is 0 Å². The van der Waals surface area contributed by atoms with Crippen molar-refractivity contribution in [3.63, 3.8) is 0 Å². The zero-order valence-corrected chi connectivity index (χ0v) is 12.8. The highest BCUT2D eigenvalue weighted by Crippen LogP contribution is 2.16. The van der Waals surface area contributed by atoms with Crippen molar-refractivity contribution in [3.05, 3.63) is 29.7 Å². The molecule has 106 valence electrons. The van der Waals surface area contributed by atoms with Crippen LogP contribution in [0.3, 0.4) is 0 Å². The first-order chi connectivity index (χ1) is 9.33. The molecule has 0 N–H and O–H groups in total. The van der Waals surface area contributed by atoms with Crippen LogP contribution >= 0.6 is 0 Å². The van der Waals surface area contributed by atoms with Gasteiger partial charge in [0.1, 0.15) is 0 Å². The molecule has 0 bridgehead atoms. The van der Waals surface area contributed by atoms with Crippen LogP contribution in [0, 0.1) is 0 Å². The third-order valence-corrected chi connectivity index (χ3v) is 2.95. The molecular formula is C15H26N4. The van der Waals surface area contributed by atoms with Crippen molar-refractivity contribution >= 4 is 5.65 Å². The minimum absolute atomic E-state index is 0.948. The van der Waals surface area contributed by atoms with Crippen LogP contribution in [0.15, 0.2) is 18.5 Å². The van der Waals surface area contributed by atoms with Crippen molar-refractivity contribution in [2.24, 2.45) is 0 Å². The summed E-state index contributed by atoms with van der Waals surface area (Å²) in [6.45, 7) is 10.1. The van der Waals surface area contributed by atoms with E-state index < -0.39 is 0 Å². The molecule has 0 radical (unpaired) electrons. The molecule has 1 aliphatic heterocycles. The minimum Gasteiger partial charge on any atom is -0.301 e. The summed E-state index contributed by atoms with van der Waals surface area (Å²) in [6, 6.07) is 1.95. The van der Waals surface area contributed by atoms with Gasteiger partial charge in [0.2, 0.25) is 0 Å². The molecule has 19 heavy (non-hydrogen) atoms. The molecule has 4 nitrogen and oxygen atoms in total. The summed E-state index contributed by atoms with van der Waals surface area (Å²) in [6.07, 6.45) is 6.24. The molecule has 0 saturated heterocycles. The second-order valence-corrected chi connectivity index (χ2v) is 4.19. The van der Waals surface area contributed by atoms with Crippen LogP contribution in [0.25, 0.3) is 5.65 Å². The van der Waals surface area contributed by atoms with Crippen molar-refractivity contribution in [2.75, 3.05) is 13.6 Å². The fourth-order valence-electron chi connectivity index (χ4n) is 2.15. The number of aromatic nitrogens is 3. The Balaban J connectivity index is 0.000000415. The number of rotatable bonds is 0. The maximum absolute atomic E-state index is 4.64. The monoisotopic (exact) mass is 262 g/mol. The maximum Gasteiger partial charge on any atom is 0.155 e. The average molecular weight is 262 g/mol. The van der Waals surface area contributed by atoms with E-state index in [0.29, 0.717) is 0 Å². The lowest BCUT2D eigenvalue weighted by atomic mass is 10.1. The molecule has 0 spiro atoms. The van der Waals surface area contributed by atoms with Gasteiger partial charge in [-0.05, 0) is 32.0 Å². The Labute approximate surface area is 116 Å². The van der Waals surface area contributed by atoms with E-state index in [4.69, 9.17) is 0 Å². The van der Waals surface area contributed by atoms with Crippen LogP contribution in [0.5, 0.6) is 0 Å². The molecule has 0 amide bonds. The van der Waals surface area contributed by atoms with Crippen LogP contribution in [0.4, 0.5) is 0 Å². The molecule has 0 saturated carbocycles. The van der Waals surface area contributed by atoms with E-state index in [-0.39, 0.29) is 0 Å². The maximum atomic E-state index is 4.64. The highest BCUT2D eigenvalue weighted by Gasteiger charge is 2.13. The second kappa shape index (κ2) is 7.89. The molecule has 4 heteroatoms. The summed E-state index contributed by atoms with van der Waals surface area (Å²) in [4.78, 5) is 6.97. The van der Waals surface area contributed by atoms with Crippen LogP contribution in [-0.2, 0) is 13.0 Å². The van der Waals surface area contributed by atoms with E-state index in [0.717, 1.165) is 25.2 Å². The zero-order valence-electron chi connectivity index (χ0n) is 12.8. The number of fused-ring (bicyclic) bond motifs is 2. The molecule has 0 unspecified atom stereocenters. The van der Waals surface area contributed by atoms with E-state index in [2.05, 4.69) is 28.2 Å². The topological polar surface area (TPSA) is 33.4 Å². The summed E-state index contributed by atoms with van der Waals surface area (Å²) in [7, 11) is 2.15. The summed E-state index contributed by atoms with van der Waals surface area (Å²) in [5, 5.41) is 4.22. The number of aryl methyl sites for hydroxylation is 1. The summed E-state index contributed by atoms with van der Waals surface area (Å²) in [5.74, 6) is 0. The van der Waals surface area contributed by atoms with Crippen molar-refractivity contribution < 1.29 is 0 Å². The van der Waals surface area contributed by atoms with E-state index >= 15 is 0 Å². The summed E-state index contributed by atoms with van der Waals surface area (Å²) < 4.78 is 1.87. The molecular weight excluding hydrogens is 236 g/mol. The van der Waals surface area contributed by atoms with Gasteiger partial charge in [0.15, 0.2) is 5.65 Å². The van der Waals surface area contributed by atoms with Gasteiger partial charge in [-0.15, -0.1) is 0 Å². The third kappa shape index (κ3) is 3.77. The average Bonchev–Trinajstić information content (AvgIpc) is 2.82. The first kappa shape index (κ1) is 15.6. The minimum atomic E-state index is 0.948. The van der Waals surface area contributed by atoms with Crippen LogP contribution in [-0.4, -0.2) is 33.1 Å². The van der Waals surface area contributed by atoms with E-state index in [9.17, 15) is 0 Å². The van der Waals surface area contributed by atoms with Gasteiger partial charge >= 0.3 is 0 Å². The third-order valence-electron chi connectivity index (χ3n) is 2.95. The molecule has 3 rings (SSSR count). The molecule has 0 aromatic carbocycles. The van der Waals surface area contributed by atoms with Gasteiger partial charge in [-0.1, -0.05) is 27.7 Å². The Bertz CT molecular complexity index is 490. The van der Waals surface area contributed by atoms with Gasteiger partial charge in [0.05, 0.1) is 11.9 Å². The van der Waals surface area contributed by atoms with Crippen LogP contribution in [0.2, 0.25) is 0 Å². The van der Waals surface area contributed by atoms with Crippen LogP contribution in [0.1, 0.15) is 45.4 Å². The van der Waals surface area contributed by atoms with Gasteiger partial charge < -0.3 is 4.90 Å². The summed E-state index contributed by atoms with van der Waals surface area (Å²) >= 11 is 0. The first-order valence-electron chi connectivity index (χ1n) is 7.33. The van der Waals surface area contributed by atoms with Crippen molar-refractivity contribution in [2.45, 2.75) is 47.1 Å². The van der Waals surface area contributed by atoms with Gasteiger partial charge in [0.25, 0.3) is 0 Å². The Hall–Kier alpha value is -1.42. The normalized spacial score (nSPS) is 14.6. The van der Waals surface area contributed by atoms with Gasteiger partial charge in [-0.2, -0.15) is 5.10 Å². The van der Waals surface area contributed by atoms with Crippen LogP contribution < -0.4 is 0 Å². The van der Waals surface area contributed by atoms with Gasteiger partial charge in [-0.25, -0.2) is 9.50 Å². The Kier molecular flexibility index (Phi) is 6.50. The standard InChI is InChI=1S/C11H14N4.2C2H6/c1-14-6-2-3-9-7-15-11(4-5-12-15)13-10(9)8-14;2*1-2/h4-5,7H,2-3,6,8H2,1H3;2*1-2H3. The molecule has 1 aliphatic rings. The fourth-order valence-corrected chi connectivity index (χ4v) is 2.15. The highest BCUT2D eigenvalue weighted by atomic mass is 15.2. The molecule has 0 aliphatic carbocycles. The molecule has 0 fully saturated rings. The Morgan fingerprint density at radius 3 is 2.63 bits per heavy atom. The van der Waals surface area contributed by atoms with Crippen molar-refractivity contribution in [1.82, 2.24) is 19.5 Å². The predicted molar refractivity (Wildman–Crippen MR) is 80.3 cm³/mol. The lowest BCUT2D eigenvalue weighted by Gasteiger charge is -2.12. The zero-order chi connectivity index (χ0) is 14.3. The lowest BCUT2D eigenvalue weighted by Crippen LogP contribution is -2.17. The predicted octanol–water partition coefficient (Wildman–Crippen LogP) is 3.16. The SMILES string of the molecule is CC.CC.CN1CCCc2cn3nccc3nc2C1. The number of hydrogen-bond acceptors (Lipinski definition) is 3. The second-order valence-electron chi connectivity index (χ2n) is 4.19. The number of nitrogens with zero attached hydrogens (tertiary/aromatic N) is 4. The van der Waals surface area contributed by atoms with E-state index in [1.54, 1.807) is 6.20 Å². The summed E-state index contributed by atoms with van der Waals surface area (Å²) in [5.41, 5.74) is 3.50. The quantitative estimate of drug-likeness (QED) is 0.731. The molecule has 2 aromatic rings. The smallest absolute Gasteiger partial charge is 0.155 e. The fraction of sp³-hybridized carbons (Fsp3) is 0.600. The van der Waals surface area contributed by atoms with Crippen molar-refractivity contribution in [3.8, 4) is 0 Å². The molecule has 3 heterocycles. The lowest BCUT2D eigenvalue weighted by molar-refractivity contribution is 0.329. The molecule has 0 atom stereocenters. The highest BCUT2D eigenvalue weighted by molar-refractivity contribution is 5.39. The van der Waals surface area contributed by atoms with E-state index in [1.807, 2.05) is 38.3 Å². The molecule has 2 aromatic heterocycles. The van der Waals surface area contributed by atoms with E-state index in [1.165, 1.54) is 17.7 Å². The van der Waals surface area contributed by atoms with Gasteiger partial charge in [0, 0.05) is 18.8 Å². The largest absolute Gasteiger partial charge is 0.301 e. The first-order valence-corrected chi connectivity index (χ1v) is 7.33.